The number of anilines is 1. The molecule has 2 fully saturated rings. The van der Waals surface area contributed by atoms with Crippen LogP contribution in [0, 0.1) is 11.3 Å². The quantitative estimate of drug-likeness (QED) is 0.926. The van der Waals surface area contributed by atoms with E-state index in [1.165, 1.54) is 0 Å². The topological polar surface area (TPSA) is 63.5 Å². The third-order valence-corrected chi connectivity index (χ3v) is 4.37. The van der Waals surface area contributed by atoms with Gasteiger partial charge in [-0.05, 0) is 25.0 Å². The van der Waals surface area contributed by atoms with Gasteiger partial charge in [-0.2, -0.15) is 5.26 Å². The Balaban J connectivity index is 1.75. The van der Waals surface area contributed by atoms with Gasteiger partial charge in [0.2, 0.25) is 0 Å². The number of nitriles is 1. The molecule has 0 bridgehead atoms. The first kappa shape index (κ1) is 14.2. The molecule has 21 heavy (non-hydrogen) atoms. The molecule has 1 saturated carbocycles. The number of nitrogens with zero attached hydrogens (tertiary/aromatic N) is 1. The summed E-state index contributed by atoms with van der Waals surface area (Å²) in [4.78, 5) is 0. The Morgan fingerprint density at radius 2 is 1.81 bits per heavy atom. The van der Waals surface area contributed by atoms with Crippen LogP contribution in [0.4, 0.5) is 5.69 Å². The maximum absolute atomic E-state index is 9.66. The SMILES string of the molecule is COc1ccccc1NC1(C#N)CCC2(CC1)OCCO2. The lowest BCUT2D eigenvalue weighted by molar-refractivity contribution is -0.180. The van der Waals surface area contributed by atoms with E-state index in [-0.39, 0.29) is 0 Å². The van der Waals surface area contributed by atoms with E-state index in [1.54, 1.807) is 7.11 Å². The third-order valence-electron chi connectivity index (χ3n) is 4.37. The van der Waals surface area contributed by atoms with Gasteiger partial charge in [0, 0.05) is 12.8 Å². The molecule has 1 aromatic rings. The monoisotopic (exact) mass is 288 g/mol. The van der Waals surface area contributed by atoms with Crippen LogP contribution < -0.4 is 10.1 Å². The Kier molecular flexibility index (Phi) is 3.75. The number of benzene rings is 1. The van der Waals surface area contributed by atoms with Gasteiger partial charge in [0.25, 0.3) is 0 Å². The molecule has 0 aromatic heterocycles. The molecule has 0 atom stereocenters. The maximum Gasteiger partial charge on any atom is 0.168 e. The van der Waals surface area contributed by atoms with E-state index in [0.29, 0.717) is 26.1 Å². The van der Waals surface area contributed by atoms with Crippen LogP contribution >= 0.6 is 0 Å². The Hall–Kier alpha value is -1.77. The third kappa shape index (κ3) is 2.69. The van der Waals surface area contributed by atoms with Gasteiger partial charge in [-0.15, -0.1) is 0 Å². The first-order valence-corrected chi connectivity index (χ1v) is 7.31. The fraction of sp³-hybridized carbons (Fsp3) is 0.562. The lowest BCUT2D eigenvalue weighted by atomic mass is 9.79. The molecule has 1 N–H and O–H groups in total. The standard InChI is InChI=1S/C16H20N2O3/c1-19-14-5-3-2-4-13(14)18-15(12-17)6-8-16(9-7-15)20-10-11-21-16/h2-5,18H,6-11H2,1H3. The normalized spacial score (nSPS) is 22.7. The van der Waals surface area contributed by atoms with Crippen LogP contribution in [0.3, 0.4) is 0 Å². The Labute approximate surface area is 124 Å². The van der Waals surface area contributed by atoms with Gasteiger partial charge in [-0.25, -0.2) is 0 Å². The van der Waals surface area contributed by atoms with Crippen molar-refractivity contribution in [2.75, 3.05) is 25.6 Å². The van der Waals surface area contributed by atoms with E-state index in [9.17, 15) is 5.26 Å². The first-order chi connectivity index (χ1) is 10.2. The molecule has 0 radical (unpaired) electrons. The minimum absolute atomic E-state index is 0.456. The van der Waals surface area contributed by atoms with E-state index in [1.807, 2.05) is 24.3 Å². The van der Waals surface area contributed by atoms with Crippen molar-refractivity contribution < 1.29 is 14.2 Å². The van der Waals surface area contributed by atoms with Crippen molar-refractivity contribution in [2.45, 2.75) is 37.0 Å². The maximum atomic E-state index is 9.66. The highest BCUT2D eigenvalue weighted by Crippen LogP contribution is 2.42. The van der Waals surface area contributed by atoms with Crippen LogP contribution in [-0.4, -0.2) is 31.6 Å². The van der Waals surface area contributed by atoms with Crippen molar-refractivity contribution in [1.29, 1.82) is 5.26 Å². The number of hydrogen-bond donors (Lipinski definition) is 1. The number of para-hydroxylation sites is 2. The van der Waals surface area contributed by atoms with E-state index in [0.717, 1.165) is 24.3 Å². The van der Waals surface area contributed by atoms with Crippen LogP contribution in [0.5, 0.6) is 5.75 Å². The van der Waals surface area contributed by atoms with Gasteiger partial charge in [-0.1, -0.05) is 12.1 Å². The summed E-state index contributed by atoms with van der Waals surface area (Å²) in [6.07, 6.45) is 2.87. The number of methoxy groups -OCH3 is 1. The molecule has 0 unspecified atom stereocenters. The molecular formula is C16H20N2O3. The predicted octanol–water partition coefficient (Wildman–Crippen LogP) is 2.69. The van der Waals surface area contributed by atoms with Gasteiger partial charge in [-0.3, -0.25) is 0 Å². The largest absolute Gasteiger partial charge is 0.495 e. The number of nitrogens with one attached hydrogen (secondary N) is 1. The van der Waals surface area contributed by atoms with Gasteiger partial charge in [0.1, 0.15) is 11.3 Å². The Morgan fingerprint density at radius 1 is 1.14 bits per heavy atom. The minimum atomic E-state index is -0.588. The average molecular weight is 288 g/mol. The van der Waals surface area contributed by atoms with Gasteiger partial charge >= 0.3 is 0 Å². The summed E-state index contributed by atoms with van der Waals surface area (Å²) in [7, 11) is 1.63. The summed E-state index contributed by atoms with van der Waals surface area (Å²) >= 11 is 0. The average Bonchev–Trinajstić information content (AvgIpc) is 2.99. The van der Waals surface area contributed by atoms with E-state index >= 15 is 0 Å². The Bertz CT molecular complexity index is 537. The molecule has 5 nitrogen and oxygen atoms in total. The fourth-order valence-corrected chi connectivity index (χ4v) is 3.11. The second-order valence-electron chi connectivity index (χ2n) is 5.63. The molecule has 1 saturated heterocycles. The molecule has 112 valence electrons. The molecule has 1 aliphatic heterocycles. The Morgan fingerprint density at radius 3 is 2.43 bits per heavy atom. The zero-order valence-electron chi connectivity index (χ0n) is 12.2. The highest BCUT2D eigenvalue weighted by Gasteiger charge is 2.46. The molecule has 1 heterocycles. The minimum Gasteiger partial charge on any atom is -0.495 e. The van der Waals surface area contributed by atoms with Crippen molar-refractivity contribution in [1.82, 2.24) is 0 Å². The summed E-state index contributed by atoms with van der Waals surface area (Å²) < 4.78 is 16.8. The van der Waals surface area contributed by atoms with Crippen molar-refractivity contribution in [2.24, 2.45) is 0 Å². The van der Waals surface area contributed by atoms with Gasteiger partial charge in [0.15, 0.2) is 5.79 Å². The predicted molar refractivity (Wildman–Crippen MR) is 78.1 cm³/mol. The summed E-state index contributed by atoms with van der Waals surface area (Å²) in [5, 5.41) is 13.0. The van der Waals surface area contributed by atoms with E-state index < -0.39 is 11.3 Å². The highest BCUT2D eigenvalue weighted by atomic mass is 16.7. The van der Waals surface area contributed by atoms with Crippen LogP contribution in [-0.2, 0) is 9.47 Å². The van der Waals surface area contributed by atoms with Crippen molar-refractivity contribution in [3.05, 3.63) is 24.3 Å². The number of ether oxygens (including phenoxy) is 3. The molecular weight excluding hydrogens is 268 g/mol. The van der Waals surface area contributed by atoms with Gasteiger partial charge in [0.05, 0.1) is 32.1 Å². The van der Waals surface area contributed by atoms with Crippen LogP contribution in [0.15, 0.2) is 24.3 Å². The first-order valence-electron chi connectivity index (χ1n) is 7.31. The second-order valence-corrected chi connectivity index (χ2v) is 5.63. The van der Waals surface area contributed by atoms with Gasteiger partial charge < -0.3 is 19.5 Å². The smallest absolute Gasteiger partial charge is 0.168 e. The molecule has 0 amide bonds. The number of rotatable bonds is 3. The van der Waals surface area contributed by atoms with Crippen LogP contribution in [0.25, 0.3) is 0 Å². The molecule has 1 aliphatic carbocycles. The van der Waals surface area contributed by atoms with Crippen molar-refractivity contribution in [3.8, 4) is 11.8 Å². The van der Waals surface area contributed by atoms with E-state index in [4.69, 9.17) is 14.2 Å². The lowest BCUT2D eigenvalue weighted by Gasteiger charge is -2.40. The summed E-state index contributed by atoms with van der Waals surface area (Å²) in [5.41, 5.74) is 0.264. The summed E-state index contributed by atoms with van der Waals surface area (Å²) in [5.74, 6) is 0.295. The second kappa shape index (κ2) is 5.55. The lowest BCUT2D eigenvalue weighted by Crippen LogP contribution is -2.47. The molecule has 5 heteroatoms. The molecule has 1 aromatic carbocycles. The van der Waals surface area contributed by atoms with Crippen molar-refractivity contribution in [3.63, 3.8) is 0 Å². The molecule has 2 aliphatic rings. The van der Waals surface area contributed by atoms with Crippen LogP contribution in [0.1, 0.15) is 25.7 Å². The fourth-order valence-electron chi connectivity index (χ4n) is 3.11. The summed E-state index contributed by atoms with van der Waals surface area (Å²) in [6, 6.07) is 10.1. The van der Waals surface area contributed by atoms with Crippen LogP contribution in [0.2, 0.25) is 0 Å². The molecule has 1 spiro atoms. The molecule has 3 rings (SSSR count). The zero-order valence-corrected chi connectivity index (χ0v) is 12.2. The van der Waals surface area contributed by atoms with E-state index in [2.05, 4.69) is 11.4 Å². The highest BCUT2D eigenvalue weighted by molar-refractivity contribution is 5.59. The summed E-state index contributed by atoms with van der Waals surface area (Å²) in [6.45, 7) is 1.30. The number of hydrogen-bond acceptors (Lipinski definition) is 5. The zero-order chi connectivity index (χ0) is 14.8. The van der Waals surface area contributed by atoms with Crippen molar-refractivity contribution >= 4 is 5.69 Å².